The first-order valence-electron chi connectivity index (χ1n) is 6.43. The van der Waals surface area contributed by atoms with Crippen molar-refractivity contribution in [1.82, 2.24) is 10.2 Å². The quantitative estimate of drug-likeness (QED) is 0.874. The Balaban J connectivity index is 2.30. The number of ether oxygens (including phenoxy) is 3. The summed E-state index contributed by atoms with van der Waals surface area (Å²) in [6, 6.07) is 5.29. The fourth-order valence-electron chi connectivity index (χ4n) is 2.07. The molecule has 2 aromatic rings. The van der Waals surface area contributed by atoms with E-state index < -0.39 is 6.10 Å². The summed E-state index contributed by atoms with van der Waals surface area (Å²) >= 11 is 0. The lowest BCUT2D eigenvalue weighted by atomic mass is 10.0. The van der Waals surface area contributed by atoms with Gasteiger partial charge < -0.3 is 19.3 Å². The molecule has 0 radical (unpaired) electrons. The summed E-state index contributed by atoms with van der Waals surface area (Å²) in [5.41, 5.74) is 1.58. The van der Waals surface area contributed by atoms with E-state index in [4.69, 9.17) is 14.2 Å². The molecule has 1 unspecified atom stereocenters. The fourth-order valence-corrected chi connectivity index (χ4v) is 2.07. The van der Waals surface area contributed by atoms with Crippen LogP contribution in [0.15, 0.2) is 30.6 Å². The molecule has 21 heavy (non-hydrogen) atoms. The second-order valence-corrected chi connectivity index (χ2v) is 4.43. The summed E-state index contributed by atoms with van der Waals surface area (Å²) in [4.78, 5) is 0. The van der Waals surface area contributed by atoms with Crippen molar-refractivity contribution in [2.24, 2.45) is 0 Å². The van der Waals surface area contributed by atoms with Crippen LogP contribution in [-0.4, -0.2) is 36.6 Å². The molecule has 1 N–H and O–H groups in total. The third-order valence-corrected chi connectivity index (χ3v) is 3.15. The number of nitrogens with zero attached hydrogens (tertiary/aromatic N) is 2. The van der Waals surface area contributed by atoms with Gasteiger partial charge in [0.1, 0.15) is 0 Å². The Bertz CT molecular complexity index is 564. The van der Waals surface area contributed by atoms with Crippen LogP contribution in [0.1, 0.15) is 17.2 Å². The molecule has 1 atom stereocenters. The largest absolute Gasteiger partial charge is 0.493 e. The highest BCUT2D eigenvalue weighted by Gasteiger charge is 2.17. The Morgan fingerprint density at radius 1 is 1.05 bits per heavy atom. The van der Waals surface area contributed by atoms with E-state index in [0.717, 1.165) is 5.56 Å². The standard InChI is InChI=1S/C15H18N2O4/c1-19-13-7-11(8-14(20-2)15(13)21-3)12(18)6-10-4-5-16-17-9-10/h4-5,7-9,12,18H,6H2,1-3H3. The average molecular weight is 290 g/mol. The zero-order chi connectivity index (χ0) is 15.2. The molecule has 1 aromatic heterocycles. The predicted molar refractivity (Wildman–Crippen MR) is 76.8 cm³/mol. The number of methoxy groups -OCH3 is 3. The first kappa shape index (κ1) is 15.1. The minimum atomic E-state index is -0.706. The van der Waals surface area contributed by atoms with Crippen LogP contribution in [0.3, 0.4) is 0 Å². The Morgan fingerprint density at radius 3 is 2.19 bits per heavy atom. The molecule has 112 valence electrons. The number of rotatable bonds is 6. The SMILES string of the molecule is COc1cc(C(O)Cc2ccnnc2)cc(OC)c1OC. The van der Waals surface area contributed by atoms with Crippen LogP contribution in [0, 0.1) is 0 Å². The van der Waals surface area contributed by atoms with Gasteiger partial charge in [0.05, 0.1) is 33.6 Å². The average Bonchev–Trinajstić information content (AvgIpc) is 2.54. The molecule has 0 spiro atoms. The van der Waals surface area contributed by atoms with Crippen LogP contribution in [0.5, 0.6) is 17.2 Å². The van der Waals surface area contributed by atoms with E-state index in [1.165, 1.54) is 0 Å². The first-order valence-corrected chi connectivity index (χ1v) is 6.43. The lowest BCUT2D eigenvalue weighted by molar-refractivity contribution is 0.177. The Labute approximate surface area is 123 Å². The van der Waals surface area contributed by atoms with Gasteiger partial charge in [0.2, 0.25) is 5.75 Å². The van der Waals surface area contributed by atoms with Crippen molar-refractivity contribution in [3.63, 3.8) is 0 Å². The van der Waals surface area contributed by atoms with Gasteiger partial charge in [-0.1, -0.05) is 0 Å². The van der Waals surface area contributed by atoms with Gasteiger partial charge in [-0.3, -0.25) is 0 Å². The molecule has 0 aliphatic rings. The molecule has 1 aromatic carbocycles. The first-order chi connectivity index (χ1) is 10.2. The molecule has 0 bridgehead atoms. The van der Waals surface area contributed by atoms with E-state index in [9.17, 15) is 5.11 Å². The summed E-state index contributed by atoms with van der Waals surface area (Å²) < 4.78 is 15.8. The van der Waals surface area contributed by atoms with Crippen molar-refractivity contribution < 1.29 is 19.3 Å². The summed E-state index contributed by atoms with van der Waals surface area (Å²) in [6.07, 6.45) is 2.94. The smallest absolute Gasteiger partial charge is 0.203 e. The molecule has 2 rings (SSSR count). The molecule has 1 heterocycles. The van der Waals surface area contributed by atoms with Crippen LogP contribution >= 0.6 is 0 Å². The maximum atomic E-state index is 10.4. The lowest BCUT2D eigenvalue weighted by Crippen LogP contribution is -2.04. The van der Waals surface area contributed by atoms with E-state index in [-0.39, 0.29) is 0 Å². The molecule has 0 saturated heterocycles. The van der Waals surface area contributed by atoms with E-state index in [2.05, 4.69) is 10.2 Å². The topological polar surface area (TPSA) is 73.7 Å². The molecule has 6 nitrogen and oxygen atoms in total. The molecular weight excluding hydrogens is 272 g/mol. The van der Waals surface area contributed by atoms with Crippen molar-refractivity contribution in [3.8, 4) is 17.2 Å². The highest BCUT2D eigenvalue weighted by atomic mass is 16.5. The van der Waals surface area contributed by atoms with Gasteiger partial charge in [-0.2, -0.15) is 10.2 Å². The Morgan fingerprint density at radius 2 is 1.71 bits per heavy atom. The van der Waals surface area contributed by atoms with Crippen LogP contribution in [0.25, 0.3) is 0 Å². The summed E-state index contributed by atoms with van der Waals surface area (Å²) in [5.74, 6) is 1.53. The second kappa shape index (κ2) is 6.90. The zero-order valence-electron chi connectivity index (χ0n) is 12.2. The van der Waals surface area contributed by atoms with Gasteiger partial charge in [0.25, 0.3) is 0 Å². The number of aliphatic hydroxyl groups excluding tert-OH is 1. The van der Waals surface area contributed by atoms with Crippen LogP contribution < -0.4 is 14.2 Å². The molecule has 0 saturated carbocycles. The number of aliphatic hydroxyl groups is 1. The lowest BCUT2D eigenvalue weighted by Gasteiger charge is -2.17. The predicted octanol–water partition coefficient (Wildman–Crippen LogP) is 1.78. The molecule has 0 fully saturated rings. The number of aromatic nitrogens is 2. The minimum Gasteiger partial charge on any atom is -0.493 e. The highest BCUT2D eigenvalue weighted by Crippen LogP contribution is 2.40. The number of hydrogen-bond acceptors (Lipinski definition) is 6. The monoisotopic (exact) mass is 290 g/mol. The summed E-state index contributed by atoms with van der Waals surface area (Å²) in [7, 11) is 4.62. The van der Waals surface area contributed by atoms with E-state index in [1.54, 1.807) is 45.9 Å². The molecule has 6 heteroatoms. The van der Waals surface area contributed by atoms with Crippen molar-refractivity contribution in [1.29, 1.82) is 0 Å². The van der Waals surface area contributed by atoms with Crippen molar-refractivity contribution in [2.75, 3.05) is 21.3 Å². The summed E-state index contributed by atoms with van der Waals surface area (Å²) in [6.45, 7) is 0. The second-order valence-electron chi connectivity index (χ2n) is 4.43. The van der Waals surface area contributed by atoms with Crippen LogP contribution in [0.4, 0.5) is 0 Å². The third kappa shape index (κ3) is 3.41. The normalized spacial score (nSPS) is 11.8. The molecule has 0 amide bonds. The van der Waals surface area contributed by atoms with Gasteiger partial charge in [-0.25, -0.2) is 0 Å². The van der Waals surface area contributed by atoms with Crippen LogP contribution in [-0.2, 0) is 6.42 Å². The Kier molecular flexibility index (Phi) is 4.94. The van der Waals surface area contributed by atoms with Crippen LogP contribution in [0.2, 0.25) is 0 Å². The van der Waals surface area contributed by atoms with Gasteiger partial charge in [0, 0.05) is 12.6 Å². The van der Waals surface area contributed by atoms with Crippen molar-refractivity contribution in [2.45, 2.75) is 12.5 Å². The van der Waals surface area contributed by atoms with Gasteiger partial charge in [-0.15, -0.1) is 0 Å². The van der Waals surface area contributed by atoms with E-state index in [0.29, 0.717) is 29.2 Å². The molecule has 0 aliphatic carbocycles. The van der Waals surface area contributed by atoms with E-state index >= 15 is 0 Å². The third-order valence-electron chi connectivity index (χ3n) is 3.15. The van der Waals surface area contributed by atoms with E-state index in [1.807, 2.05) is 6.07 Å². The number of benzene rings is 1. The van der Waals surface area contributed by atoms with Gasteiger partial charge >= 0.3 is 0 Å². The highest BCUT2D eigenvalue weighted by molar-refractivity contribution is 5.54. The fraction of sp³-hybridized carbons (Fsp3) is 0.333. The van der Waals surface area contributed by atoms with Gasteiger partial charge in [-0.05, 0) is 29.3 Å². The van der Waals surface area contributed by atoms with Crippen molar-refractivity contribution >= 4 is 0 Å². The maximum absolute atomic E-state index is 10.4. The van der Waals surface area contributed by atoms with Gasteiger partial charge in [0.15, 0.2) is 11.5 Å². The minimum absolute atomic E-state index is 0.425. The molecule has 0 aliphatic heterocycles. The van der Waals surface area contributed by atoms with Crippen molar-refractivity contribution in [3.05, 3.63) is 41.7 Å². The maximum Gasteiger partial charge on any atom is 0.203 e. The molecular formula is C15H18N2O4. The zero-order valence-corrected chi connectivity index (χ0v) is 12.2. The Hall–Kier alpha value is -2.34. The number of hydrogen-bond donors (Lipinski definition) is 1. The summed E-state index contributed by atoms with van der Waals surface area (Å²) in [5, 5.41) is 17.9.